The highest BCUT2D eigenvalue weighted by molar-refractivity contribution is 7.53. The molecule has 0 fully saturated rings. The minimum atomic E-state index is -5.53. The zero-order valence-corrected chi connectivity index (χ0v) is 81.8. The van der Waals surface area contributed by atoms with Crippen molar-refractivity contribution in [3.8, 4) is 23.0 Å². The molecule has 0 unspecified atom stereocenters. The summed E-state index contributed by atoms with van der Waals surface area (Å²) in [5.41, 5.74) is 31.6. The molecule has 0 radical (unpaired) electrons. The first-order valence-corrected chi connectivity index (χ1v) is 50.3. The molecule has 8 aromatic rings. The zero-order valence-electron chi connectivity index (χ0n) is 78.2. The number of halogens is 2. The Labute approximate surface area is 788 Å². The van der Waals surface area contributed by atoms with Crippen LogP contribution in [0, 0.1) is 27.7 Å². The van der Waals surface area contributed by atoms with Crippen LogP contribution in [-0.4, -0.2) is 247 Å². The summed E-state index contributed by atoms with van der Waals surface area (Å²) >= 11 is 0. The minimum absolute atomic E-state index is 0.0129. The van der Waals surface area contributed by atoms with Gasteiger partial charge in [-0.2, -0.15) is 28.7 Å². The molecule has 136 heavy (non-hydrogen) atoms. The van der Waals surface area contributed by atoms with E-state index < -0.39 is 48.4 Å². The summed E-state index contributed by atoms with van der Waals surface area (Å²) in [5.74, 6) is 3.68. The van der Waals surface area contributed by atoms with Gasteiger partial charge in [-0.25, -0.2) is 19.9 Å². The number of ether oxygens (including phenoxy) is 9. The molecule has 0 bridgehead atoms. The lowest BCUT2D eigenvalue weighted by Crippen LogP contribution is -2.27. The number of alkyl halides is 2. The number of rotatable bonds is 54. The number of nitrogen functional groups attached to an aromatic ring is 4. The number of nitrogens with zero attached hydrogens (tertiary/aromatic N) is 8. The number of unbranched alkanes of at least 4 members (excludes halogenated alkanes) is 2. The van der Waals surface area contributed by atoms with Crippen LogP contribution in [0.1, 0.15) is 155 Å². The lowest BCUT2D eigenvalue weighted by molar-refractivity contribution is -0.143. The maximum absolute atomic E-state index is 13.5. The Morgan fingerprint density at radius 3 is 1.08 bits per heavy atom. The number of carbonyl (C=O) groups excluding carboxylic acids is 4. The van der Waals surface area contributed by atoms with Gasteiger partial charge in [0.2, 0.25) is 29.7 Å². The monoisotopic (exact) mass is 1990 g/mol. The number of nitrogens with one attached hydrogen (secondary N) is 5. The zero-order chi connectivity index (χ0) is 101. The number of aliphatic hydroxyl groups excluding tert-OH is 1. The molecular formula is C87H129F2N17O26P4. The van der Waals surface area contributed by atoms with E-state index in [1.54, 1.807) is 72.4 Å². The molecule has 0 aliphatic rings. The predicted octanol–water partition coefficient (Wildman–Crippen LogP) is 8.55. The Morgan fingerprint density at radius 1 is 0.397 bits per heavy atom. The van der Waals surface area contributed by atoms with Crippen LogP contribution in [0.3, 0.4) is 0 Å². The second kappa shape index (κ2) is 57.9. The third-order valence-electron chi connectivity index (χ3n) is 20.0. The number of anilines is 8. The number of esters is 3. The molecule has 4 aromatic carbocycles. The van der Waals surface area contributed by atoms with Gasteiger partial charge in [-0.1, -0.05) is 61.9 Å². The fourth-order valence-electron chi connectivity index (χ4n) is 13.1. The van der Waals surface area contributed by atoms with Gasteiger partial charge in [0.1, 0.15) is 46.3 Å². The van der Waals surface area contributed by atoms with Crippen molar-refractivity contribution in [1.82, 2.24) is 45.2 Å². The summed E-state index contributed by atoms with van der Waals surface area (Å²) in [6.07, 6.45) is 4.15. The van der Waals surface area contributed by atoms with Crippen molar-refractivity contribution in [2.75, 3.05) is 177 Å². The van der Waals surface area contributed by atoms with Gasteiger partial charge in [0, 0.05) is 123 Å². The number of carbonyl (C=O) groups is 4. The average molecular weight is 1990 g/mol. The van der Waals surface area contributed by atoms with Crippen LogP contribution in [0.15, 0.2) is 72.8 Å². The van der Waals surface area contributed by atoms with Crippen LogP contribution in [-0.2, 0) is 112 Å². The minimum Gasteiger partial charge on any atom is -0.496 e. The molecule has 4 aromatic heterocycles. The van der Waals surface area contributed by atoms with Crippen molar-refractivity contribution < 1.29 is 133 Å². The van der Waals surface area contributed by atoms with Gasteiger partial charge in [0.15, 0.2) is 0 Å². The third-order valence-corrected chi connectivity index (χ3v) is 23.7. The number of hydrogen-bond acceptors (Lipinski definition) is 34. The standard InChI is InChI=1S/C24H37N4O8P.C22H33N4O6P.C21H29F2N4O6P.C20H30N5O6P/c1-17-20(16-19-7-6-18(14-21(19)33-2)15-22(29)34-3)23(28-24(25)27-17)26-8-11-35-9-4-5-10-36-12-13-37(30,31)32;1-4-5-9-24-21-18(15(2)25-22(23)26-21)14-17-8-7-16(12-19(17)31-3)13-20(27)32-10-6-11-33(28,29)30;1-4-33-18(28)11-14-6-7-15(17(10-14)32-3)12-16-13(2)26-20(24)27-19(16)25-9-5-8-21(22,23)34(29,30)31;1-13-16(19(25-20(21)24-13)23-6-3-9-32(28,29)30)12-15-5-4-14(10-17(15)31-2)11-18(27)22-7-8-26/h6-7,14H,4-5,8-13,15-16H2,1-3H3,(H2,30,31,32)(H3,25,26,27,28);7-8,12H,4-6,9-11,13-14H2,1-3H3,(H2,28,29,30)(H3,23,24,25,26);6-7,10H,4-5,8-9,11-12H2,1-3H3,(H2,29,30,31)(H3,24,25,26,27);4-5,10,26H,3,6-9,11-12H2,1-2H3,(H,22,27)(H2,28,29,30)(H3,21,23,24,25). The summed E-state index contributed by atoms with van der Waals surface area (Å²) in [4.78, 5) is 152. The van der Waals surface area contributed by atoms with Crippen LogP contribution in [0.2, 0.25) is 0 Å². The Bertz CT molecular complexity index is 5410. The Hall–Kier alpha value is -11.0. The van der Waals surface area contributed by atoms with E-state index in [4.69, 9.17) is 110 Å². The van der Waals surface area contributed by atoms with Crippen LogP contribution in [0.4, 0.5) is 55.8 Å². The summed E-state index contributed by atoms with van der Waals surface area (Å²) in [6, 6.07) is 21.9. The van der Waals surface area contributed by atoms with Gasteiger partial charge in [-0.05, 0) is 142 Å². The molecule has 4 heterocycles. The lowest BCUT2D eigenvalue weighted by atomic mass is 10.0. The van der Waals surface area contributed by atoms with Gasteiger partial charge in [-0.3, -0.25) is 37.4 Å². The van der Waals surface area contributed by atoms with Crippen molar-refractivity contribution in [2.24, 2.45) is 0 Å². The van der Waals surface area contributed by atoms with E-state index in [9.17, 15) is 46.2 Å². The van der Waals surface area contributed by atoms with E-state index in [2.05, 4.69) is 73.4 Å². The van der Waals surface area contributed by atoms with Gasteiger partial charge in [0.05, 0.1) is 113 Å². The molecule has 0 aliphatic carbocycles. The van der Waals surface area contributed by atoms with Gasteiger partial charge >= 0.3 is 54.0 Å². The average Bonchev–Trinajstić information content (AvgIpc) is 0.820. The highest BCUT2D eigenvalue weighted by Crippen LogP contribution is 2.55. The van der Waals surface area contributed by atoms with E-state index in [-0.39, 0.29) is 145 Å². The van der Waals surface area contributed by atoms with Crippen LogP contribution in [0.5, 0.6) is 23.0 Å². The number of amides is 1. The molecular weight excluding hydrogens is 1860 g/mol. The van der Waals surface area contributed by atoms with Gasteiger partial charge in [0.25, 0.3) is 0 Å². The summed E-state index contributed by atoms with van der Waals surface area (Å²) < 4.78 is 118. The number of aryl methyl sites for hydroxylation is 4. The molecule has 49 heteroatoms. The second-order valence-electron chi connectivity index (χ2n) is 30.8. The Kier molecular flexibility index (Phi) is 49.2. The summed E-state index contributed by atoms with van der Waals surface area (Å²) in [5, 5.41) is 24.0. The first-order chi connectivity index (χ1) is 64.2. The van der Waals surface area contributed by atoms with Crippen molar-refractivity contribution in [2.45, 2.75) is 150 Å². The normalized spacial score (nSPS) is 11.5. The fourth-order valence-corrected chi connectivity index (χ4v) is 15.1. The molecule has 0 aliphatic heterocycles. The number of benzene rings is 4. The highest BCUT2D eigenvalue weighted by atomic mass is 31.2. The number of hydrogen-bond donors (Lipinski definition) is 18. The molecule has 752 valence electrons. The lowest BCUT2D eigenvalue weighted by Gasteiger charge is -2.18. The molecule has 1 amide bonds. The smallest absolute Gasteiger partial charge is 0.394 e. The Balaban J connectivity index is 0.000000321. The largest absolute Gasteiger partial charge is 0.496 e. The number of aliphatic hydroxyl groups is 1. The van der Waals surface area contributed by atoms with Crippen molar-refractivity contribution in [1.29, 1.82) is 0 Å². The van der Waals surface area contributed by atoms with E-state index in [0.29, 0.717) is 133 Å². The van der Waals surface area contributed by atoms with Crippen molar-refractivity contribution in [3.63, 3.8) is 0 Å². The van der Waals surface area contributed by atoms with Crippen molar-refractivity contribution in [3.05, 3.63) is 162 Å². The van der Waals surface area contributed by atoms with Crippen LogP contribution < -0.4 is 68.5 Å². The van der Waals surface area contributed by atoms with E-state index in [0.717, 1.165) is 93.7 Å². The van der Waals surface area contributed by atoms with E-state index >= 15 is 0 Å². The molecule has 8 rings (SSSR count). The van der Waals surface area contributed by atoms with Gasteiger partial charge < -0.3 is 136 Å². The SMILES string of the molecule is CCCCNc1nc(N)nc(C)c1Cc1ccc(CC(=O)OCCCP(=O)(O)O)cc1OC.CCOC(=O)Cc1ccc(Cc2c(C)nc(N)nc2NCCCC(F)(F)P(=O)(O)O)c(OC)c1.COC(=O)Cc1ccc(Cc2c(C)nc(N)nc2NCCOCCCCOCCP(=O)(O)O)c(OC)c1.COc1cc(CC(=O)NCCO)ccc1Cc1c(C)nc(N)nc1NCCCP(=O)(O)O. The summed E-state index contributed by atoms with van der Waals surface area (Å²) in [6.45, 7) is 14.5. The first kappa shape index (κ1) is 116. The molecule has 22 N–H and O–H groups in total. The van der Waals surface area contributed by atoms with Crippen molar-refractivity contribution >= 4 is 101 Å². The third kappa shape index (κ3) is 42.7. The van der Waals surface area contributed by atoms with Crippen LogP contribution >= 0.6 is 30.4 Å². The quantitative estimate of drug-likeness (QED) is 0.00734. The molecule has 0 saturated carbocycles. The molecule has 43 nitrogen and oxygen atoms in total. The highest BCUT2D eigenvalue weighted by Gasteiger charge is 2.47. The van der Waals surface area contributed by atoms with Crippen LogP contribution in [0.25, 0.3) is 0 Å². The second-order valence-corrected chi connectivity index (χ2v) is 37.9. The number of aromatic nitrogens is 8. The predicted molar refractivity (Wildman–Crippen MR) is 508 cm³/mol. The number of nitrogens with two attached hydrogens (primary N) is 4. The maximum Gasteiger partial charge on any atom is 0.394 e. The molecule has 0 spiro atoms. The van der Waals surface area contributed by atoms with Gasteiger partial charge in [-0.15, -0.1) is 0 Å². The first-order valence-electron chi connectivity index (χ1n) is 43.3. The fraction of sp³-hybridized carbons (Fsp3) is 0.494. The molecule has 0 atom stereocenters. The Morgan fingerprint density at radius 2 is 0.735 bits per heavy atom. The number of methoxy groups -OCH3 is 5. The van der Waals surface area contributed by atoms with E-state index in [1.165, 1.54) is 14.2 Å². The topological polar surface area (TPSA) is 669 Å². The molecule has 0 saturated heterocycles. The van der Waals surface area contributed by atoms with E-state index in [1.807, 2.05) is 56.3 Å². The maximum atomic E-state index is 13.5. The summed E-state index contributed by atoms with van der Waals surface area (Å²) in [7, 11) is -10.1.